The molecule has 0 aliphatic carbocycles. The van der Waals surface area contributed by atoms with Crippen LogP contribution in [0.15, 0.2) is 48.5 Å². The molecule has 2 aromatic rings. The molecule has 2 aliphatic rings. The maximum Gasteiger partial charge on any atom is 0.262 e. The lowest BCUT2D eigenvalue weighted by molar-refractivity contribution is -0.128. The van der Waals surface area contributed by atoms with Crippen LogP contribution in [-0.2, 0) is 9.59 Å². The van der Waals surface area contributed by atoms with Crippen LogP contribution in [0.3, 0.4) is 0 Å². The molecule has 1 atom stereocenters. The number of nitrogens with one attached hydrogen (secondary N) is 1. The maximum absolute atomic E-state index is 12.9. The van der Waals surface area contributed by atoms with E-state index in [1.54, 1.807) is 17.0 Å². The van der Waals surface area contributed by atoms with Crippen LogP contribution in [0.1, 0.15) is 18.9 Å². The summed E-state index contributed by atoms with van der Waals surface area (Å²) in [6.07, 6.45) is 3.28. The molecule has 0 saturated heterocycles. The third kappa shape index (κ3) is 4.03. The molecule has 0 spiro atoms. The third-order valence-electron chi connectivity index (χ3n) is 4.70. The summed E-state index contributed by atoms with van der Waals surface area (Å²) in [5.41, 5.74) is 1.47. The van der Waals surface area contributed by atoms with Crippen molar-refractivity contribution in [2.24, 2.45) is 0 Å². The minimum atomic E-state index is -0.751. The van der Waals surface area contributed by atoms with Crippen LogP contribution in [0.25, 0.3) is 6.08 Å². The van der Waals surface area contributed by atoms with Gasteiger partial charge in [-0.15, -0.1) is 0 Å². The Morgan fingerprint density at radius 1 is 1.14 bits per heavy atom. The van der Waals surface area contributed by atoms with E-state index in [9.17, 15) is 9.59 Å². The fourth-order valence-corrected chi connectivity index (χ4v) is 3.22. The van der Waals surface area contributed by atoms with Crippen molar-refractivity contribution in [3.63, 3.8) is 0 Å². The molecule has 0 radical (unpaired) electrons. The van der Waals surface area contributed by atoms with E-state index in [2.05, 4.69) is 5.32 Å². The lowest BCUT2D eigenvalue weighted by Gasteiger charge is -2.33. The van der Waals surface area contributed by atoms with E-state index in [1.807, 2.05) is 43.3 Å². The Morgan fingerprint density at radius 3 is 2.83 bits per heavy atom. The zero-order chi connectivity index (χ0) is 20.2. The zero-order valence-electron chi connectivity index (χ0n) is 16.1. The first kappa shape index (κ1) is 18.9. The zero-order valence-corrected chi connectivity index (χ0v) is 16.1. The van der Waals surface area contributed by atoms with Gasteiger partial charge in [0.1, 0.15) is 5.75 Å². The molecule has 4 rings (SSSR count). The number of fused-ring (bicyclic) bond motifs is 2. The summed E-state index contributed by atoms with van der Waals surface area (Å²) in [6.45, 7) is 2.90. The Bertz CT molecular complexity index is 956. The standard InChI is InChI=1S/C22H22N2O5/c1-2-11-23-22(26)20-13-24(16-5-3-4-6-17(16)29-20)21(25)10-8-15-7-9-18-19(12-15)28-14-27-18/h3-10,12,20H,2,11,13-14H2,1H3,(H,23,26)/b10-8+/t20-/m0/s1. The molecule has 2 amide bonds. The van der Waals surface area contributed by atoms with Gasteiger partial charge in [0, 0.05) is 12.6 Å². The largest absolute Gasteiger partial charge is 0.477 e. The lowest BCUT2D eigenvalue weighted by atomic mass is 10.1. The molecule has 7 heteroatoms. The Morgan fingerprint density at radius 2 is 1.97 bits per heavy atom. The van der Waals surface area contributed by atoms with Gasteiger partial charge in [0.05, 0.1) is 12.2 Å². The number of hydrogen-bond donors (Lipinski definition) is 1. The molecule has 0 unspecified atom stereocenters. The van der Waals surface area contributed by atoms with Gasteiger partial charge in [-0.2, -0.15) is 0 Å². The monoisotopic (exact) mass is 394 g/mol. The van der Waals surface area contributed by atoms with Crippen molar-refractivity contribution in [1.82, 2.24) is 5.32 Å². The number of anilines is 1. The average Bonchev–Trinajstić information content (AvgIpc) is 3.22. The Labute approximate surface area is 168 Å². The quantitative estimate of drug-likeness (QED) is 0.789. The number of carbonyl (C=O) groups is 2. The minimum Gasteiger partial charge on any atom is -0.477 e. The van der Waals surface area contributed by atoms with Gasteiger partial charge < -0.3 is 24.4 Å². The van der Waals surface area contributed by atoms with Crippen molar-refractivity contribution in [3.05, 3.63) is 54.1 Å². The molecule has 1 N–H and O–H groups in total. The van der Waals surface area contributed by atoms with Gasteiger partial charge in [-0.05, 0) is 42.3 Å². The predicted molar refractivity (Wildman–Crippen MR) is 108 cm³/mol. The van der Waals surface area contributed by atoms with Gasteiger partial charge >= 0.3 is 0 Å². The van der Waals surface area contributed by atoms with Crippen molar-refractivity contribution >= 4 is 23.6 Å². The molecule has 2 aliphatic heterocycles. The Balaban J connectivity index is 1.53. The van der Waals surface area contributed by atoms with Crippen molar-refractivity contribution in [2.75, 3.05) is 24.8 Å². The van der Waals surface area contributed by atoms with Crippen LogP contribution < -0.4 is 24.4 Å². The summed E-state index contributed by atoms with van der Waals surface area (Å²) in [7, 11) is 0. The third-order valence-corrected chi connectivity index (χ3v) is 4.70. The normalized spacial score (nSPS) is 17.0. The predicted octanol–water partition coefficient (Wildman–Crippen LogP) is 2.75. The molecule has 2 aromatic carbocycles. The van der Waals surface area contributed by atoms with Gasteiger partial charge in [0.25, 0.3) is 11.8 Å². The van der Waals surface area contributed by atoms with E-state index in [0.29, 0.717) is 29.5 Å². The van der Waals surface area contributed by atoms with E-state index < -0.39 is 6.10 Å². The molecule has 150 valence electrons. The van der Waals surface area contributed by atoms with Crippen molar-refractivity contribution < 1.29 is 23.8 Å². The van der Waals surface area contributed by atoms with Gasteiger partial charge in [-0.1, -0.05) is 25.1 Å². The van der Waals surface area contributed by atoms with Crippen molar-refractivity contribution in [3.8, 4) is 17.2 Å². The number of carbonyl (C=O) groups excluding carboxylic acids is 2. The fraction of sp³-hybridized carbons (Fsp3) is 0.273. The second-order valence-electron chi connectivity index (χ2n) is 6.76. The summed E-state index contributed by atoms with van der Waals surface area (Å²) in [6, 6.07) is 12.7. The first-order valence-corrected chi connectivity index (χ1v) is 9.58. The van der Waals surface area contributed by atoms with E-state index in [4.69, 9.17) is 14.2 Å². The number of para-hydroxylation sites is 2. The van der Waals surface area contributed by atoms with Gasteiger partial charge in [0.2, 0.25) is 6.79 Å². The van der Waals surface area contributed by atoms with Crippen molar-refractivity contribution in [2.45, 2.75) is 19.4 Å². The number of ether oxygens (including phenoxy) is 3. The first-order valence-electron chi connectivity index (χ1n) is 9.58. The first-order chi connectivity index (χ1) is 14.2. The summed E-state index contributed by atoms with van der Waals surface area (Å²) >= 11 is 0. The van der Waals surface area contributed by atoms with Gasteiger partial charge in [-0.3, -0.25) is 9.59 Å². The molecule has 7 nitrogen and oxygen atoms in total. The van der Waals surface area contributed by atoms with Crippen LogP contribution in [0.5, 0.6) is 17.2 Å². The number of hydrogen-bond acceptors (Lipinski definition) is 5. The number of rotatable bonds is 5. The van der Waals surface area contributed by atoms with Crippen molar-refractivity contribution in [1.29, 1.82) is 0 Å². The topological polar surface area (TPSA) is 77.1 Å². The molecule has 0 saturated carbocycles. The molecule has 0 fully saturated rings. The Kier molecular flexibility index (Phi) is 5.37. The molecular formula is C22H22N2O5. The van der Waals surface area contributed by atoms with Crippen LogP contribution >= 0.6 is 0 Å². The maximum atomic E-state index is 12.9. The van der Waals surface area contributed by atoms with Crippen LogP contribution in [0.2, 0.25) is 0 Å². The van der Waals surface area contributed by atoms with Gasteiger partial charge in [0.15, 0.2) is 17.6 Å². The number of amides is 2. The molecule has 0 aromatic heterocycles. The lowest BCUT2D eigenvalue weighted by Crippen LogP contribution is -2.50. The summed E-state index contributed by atoms with van der Waals surface area (Å²) < 4.78 is 16.5. The van der Waals surface area contributed by atoms with Gasteiger partial charge in [-0.25, -0.2) is 0 Å². The Hall–Kier alpha value is -3.48. The summed E-state index contributed by atoms with van der Waals surface area (Å²) in [4.78, 5) is 26.9. The van der Waals surface area contributed by atoms with E-state index in [1.165, 1.54) is 6.08 Å². The molecule has 29 heavy (non-hydrogen) atoms. The highest BCUT2D eigenvalue weighted by Crippen LogP contribution is 2.34. The molecule has 0 bridgehead atoms. The van der Waals surface area contributed by atoms with E-state index in [-0.39, 0.29) is 25.2 Å². The molecule has 2 heterocycles. The van der Waals surface area contributed by atoms with Crippen LogP contribution in [-0.4, -0.2) is 37.8 Å². The smallest absolute Gasteiger partial charge is 0.262 e. The van der Waals surface area contributed by atoms with E-state index >= 15 is 0 Å². The minimum absolute atomic E-state index is 0.150. The highest BCUT2D eigenvalue weighted by atomic mass is 16.7. The SMILES string of the molecule is CCCNC(=O)[C@@H]1CN(C(=O)/C=C/c2ccc3c(c2)OCO3)c2ccccc2O1. The molecular weight excluding hydrogens is 372 g/mol. The summed E-state index contributed by atoms with van der Waals surface area (Å²) in [5.74, 6) is 1.41. The fourth-order valence-electron chi connectivity index (χ4n) is 3.22. The highest BCUT2D eigenvalue weighted by molar-refractivity contribution is 6.05. The average molecular weight is 394 g/mol. The second kappa shape index (κ2) is 8.26. The van der Waals surface area contributed by atoms with Crippen LogP contribution in [0.4, 0.5) is 5.69 Å². The van der Waals surface area contributed by atoms with E-state index in [0.717, 1.165) is 12.0 Å². The highest BCUT2D eigenvalue weighted by Gasteiger charge is 2.32. The number of benzene rings is 2. The number of nitrogens with zero attached hydrogens (tertiary/aromatic N) is 1. The second-order valence-corrected chi connectivity index (χ2v) is 6.76. The summed E-state index contributed by atoms with van der Waals surface area (Å²) in [5, 5.41) is 2.83. The van der Waals surface area contributed by atoms with Crippen LogP contribution in [0, 0.1) is 0 Å².